The van der Waals surface area contributed by atoms with Gasteiger partial charge in [-0.1, -0.05) is 12.1 Å². The summed E-state index contributed by atoms with van der Waals surface area (Å²) in [5.41, 5.74) is 1.20. The van der Waals surface area contributed by atoms with Gasteiger partial charge in [-0.3, -0.25) is 0 Å². The molecule has 0 radical (unpaired) electrons. The van der Waals surface area contributed by atoms with E-state index < -0.39 is 0 Å². The van der Waals surface area contributed by atoms with Gasteiger partial charge in [-0.25, -0.2) is 0 Å². The van der Waals surface area contributed by atoms with Crippen molar-refractivity contribution < 1.29 is 4.74 Å². The Kier molecular flexibility index (Phi) is 5.30. The highest BCUT2D eigenvalue weighted by atomic mass is 32.2. The minimum absolute atomic E-state index is 0.832. The van der Waals surface area contributed by atoms with Gasteiger partial charge in [-0.05, 0) is 17.7 Å². The van der Waals surface area contributed by atoms with Gasteiger partial charge < -0.3 is 10.1 Å². The lowest BCUT2D eigenvalue weighted by Gasteiger charge is -2.05. The van der Waals surface area contributed by atoms with Crippen LogP contribution in [0.2, 0.25) is 0 Å². The summed E-state index contributed by atoms with van der Waals surface area (Å²) in [6, 6.07) is 9.91. The first kappa shape index (κ1) is 12.5. The molecule has 0 fully saturated rings. The highest BCUT2D eigenvalue weighted by Gasteiger charge is 1.98. The molecule has 0 aliphatic rings. The number of allylic oxidation sites excluding steroid dienone is 1. The predicted octanol–water partition coefficient (Wildman–Crippen LogP) is 2.51. The average Bonchev–Trinajstić information content (AvgIpc) is 2.35. The van der Waals surface area contributed by atoms with Gasteiger partial charge in [0.05, 0.1) is 18.2 Å². The van der Waals surface area contributed by atoms with Crippen molar-refractivity contribution in [2.45, 2.75) is 5.75 Å². The molecule has 0 spiro atoms. The number of methoxy groups -OCH3 is 1. The first-order valence-corrected chi connectivity index (χ1v) is 5.82. The number of hydrogen-bond donors (Lipinski definition) is 1. The van der Waals surface area contributed by atoms with Crippen LogP contribution in [0, 0.1) is 11.3 Å². The number of hydrogen-bond acceptors (Lipinski definition) is 4. The Labute approximate surface area is 100 Å². The van der Waals surface area contributed by atoms with Crippen molar-refractivity contribution in [3.05, 3.63) is 40.9 Å². The lowest BCUT2D eigenvalue weighted by molar-refractivity contribution is 0.414. The molecule has 84 valence electrons. The summed E-state index contributed by atoms with van der Waals surface area (Å²) >= 11 is 1.60. The first-order chi connectivity index (χ1) is 7.80. The van der Waals surface area contributed by atoms with Crippen LogP contribution in [0.4, 0.5) is 0 Å². The van der Waals surface area contributed by atoms with Crippen molar-refractivity contribution in [2.75, 3.05) is 14.2 Å². The molecule has 0 atom stereocenters. The van der Waals surface area contributed by atoms with Crippen molar-refractivity contribution in [3.63, 3.8) is 0 Å². The third-order valence-electron chi connectivity index (χ3n) is 2.00. The Balaban J connectivity index is 2.54. The standard InChI is InChI=1S/C12H14N2OS/c1-14-12(7-8-13)16-9-10-3-5-11(15-2)6-4-10/h3-7,14H,9H2,1-2H3/b12-7-. The Morgan fingerprint density at radius 1 is 1.50 bits per heavy atom. The maximum atomic E-state index is 8.54. The van der Waals surface area contributed by atoms with Crippen LogP contribution in [0.1, 0.15) is 5.56 Å². The number of benzene rings is 1. The van der Waals surface area contributed by atoms with Gasteiger partial charge in [0.25, 0.3) is 0 Å². The number of thioether (sulfide) groups is 1. The molecule has 0 aliphatic heterocycles. The van der Waals surface area contributed by atoms with E-state index in [4.69, 9.17) is 10.00 Å². The highest BCUT2D eigenvalue weighted by molar-refractivity contribution is 8.02. The van der Waals surface area contributed by atoms with Crippen molar-refractivity contribution in [3.8, 4) is 11.8 Å². The van der Waals surface area contributed by atoms with E-state index in [9.17, 15) is 0 Å². The van der Waals surface area contributed by atoms with Crippen molar-refractivity contribution in [1.82, 2.24) is 5.32 Å². The van der Waals surface area contributed by atoms with Crippen LogP contribution in [0.3, 0.4) is 0 Å². The van der Waals surface area contributed by atoms with Gasteiger partial charge >= 0.3 is 0 Å². The molecule has 1 rings (SSSR count). The SMILES string of the molecule is CN/C(=C/C#N)SCc1ccc(OC)cc1. The summed E-state index contributed by atoms with van der Waals surface area (Å²) < 4.78 is 5.08. The molecule has 1 aromatic rings. The monoisotopic (exact) mass is 234 g/mol. The lowest BCUT2D eigenvalue weighted by atomic mass is 10.2. The normalized spacial score (nSPS) is 10.7. The first-order valence-electron chi connectivity index (χ1n) is 4.83. The average molecular weight is 234 g/mol. The molecule has 0 saturated heterocycles. The maximum Gasteiger partial charge on any atom is 0.118 e. The van der Waals surface area contributed by atoms with Crippen LogP contribution < -0.4 is 10.1 Å². The summed E-state index contributed by atoms with van der Waals surface area (Å²) in [7, 11) is 3.46. The summed E-state index contributed by atoms with van der Waals surface area (Å²) in [5.74, 6) is 1.69. The molecular formula is C12H14N2OS. The van der Waals surface area contributed by atoms with Crippen molar-refractivity contribution in [2.24, 2.45) is 0 Å². The fraction of sp³-hybridized carbons (Fsp3) is 0.250. The number of nitrogens with zero attached hydrogens (tertiary/aromatic N) is 1. The molecule has 0 saturated carbocycles. The number of ether oxygens (including phenoxy) is 1. The smallest absolute Gasteiger partial charge is 0.118 e. The third-order valence-corrected chi connectivity index (χ3v) is 3.11. The van der Waals surface area contributed by atoms with Gasteiger partial charge in [0, 0.05) is 18.9 Å². The van der Waals surface area contributed by atoms with E-state index >= 15 is 0 Å². The molecule has 0 aromatic heterocycles. The highest BCUT2D eigenvalue weighted by Crippen LogP contribution is 2.20. The van der Waals surface area contributed by atoms with Gasteiger partial charge in [0.15, 0.2) is 0 Å². The summed E-state index contributed by atoms with van der Waals surface area (Å²) in [4.78, 5) is 0. The van der Waals surface area contributed by atoms with Crippen LogP contribution in [0.25, 0.3) is 0 Å². The molecule has 16 heavy (non-hydrogen) atoms. The molecule has 4 heteroatoms. The van der Waals surface area contributed by atoms with Crippen molar-refractivity contribution >= 4 is 11.8 Å². The molecule has 0 heterocycles. The molecule has 3 nitrogen and oxygen atoms in total. The predicted molar refractivity (Wildman–Crippen MR) is 67.0 cm³/mol. The molecule has 1 N–H and O–H groups in total. The largest absolute Gasteiger partial charge is 0.497 e. The molecule has 0 unspecified atom stereocenters. The molecule has 0 aliphatic carbocycles. The van der Waals surface area contributed by atoms with Gasteiger partial charge in [0.1, 0.15) is 5.75 Å². The van der Waals surface area contributed by atoms with Gasteiger partial charge in [-0.15, -0.1) is 11.8 Å². The quantitative estimate of drug-likeness (QED) is 0.795. The Hall–Kier alpha value is -1.60. The summed E-state index contributed by atoms with van der Waals surface area (Å²) in [5, 5.41) is 12.4. The minimum Gasteiger partial charge on any atom is -0.497 e. The van der Waals surface area contributed by atoms with E-state index in [1.54, 1.807) is 18.9 Å². The Morgan fingerprint density at radius 3 is 2.69 bits per heavy atom. The minimum atomic E-state index is 0.832. The van der Waals surface area contributed by atoms with Crippen LogP contribution in [-0.4, -0.2) is 14.2 Å². The molecule has 0 amide bonds. The number of rotatable bonds is 5. The zero-order chi connectivity index (χ0) is 11.8. The van der Waals surface area contributed by atoms with Crippen molar-refractivity contribution in [1.29, 1.82) is 5.26 Å². The number of nitrogens with one attached hydrogen (secondary N) is 1. The van der Waals surface area contributed by atoms with Crippen LogP contribution >= 0.6 is 11.8 Å². The van der Waals surface area contributed by atoms with Crippen LogP contribution in [0.15, 0.2) is 35.4 Å². The topological polar surface area (TPSA) is 45.0 Å². The summed E-state index contributed by atoms with van der Waals surface area (Å²) in [6.45, 7) is 0. The van der Waals surface area contributed by atoms with E-state index in [0.717, 1.165) is 16.5 Å². The van der Waals surface area contributed by atoms with E-state index in [-0.39, 0.29) is 0 Å². The van der Waals surface area contributed by atoms with Crippen LogP contribution in [0.5, 0.6) is 5.75 Å². The van der Waals surface area contributed by atoms with E-state index in [1.165, 1.54) is 11.6 Å². The zero-order valence-electron chi connectivity index (χ0n) is 9.36. The second-order valence-corrected chi connectivity index (χ2v) is 4.04. The summed E-state index contributed by atoms with van der Waals surface area (Å²) in [6.07, 6.45) is 1.51. The Bertz CT molecular complexity index is 392. The molecular weight excluding hydrogens is 220 g/mol. The van der Waals surface area contributed by atoms with E-state index in [2.05, 4.69) is 5.32 Å². The van der Waals surface area contributed by atoms with Gasteiger partial charge in [-0.2, -0.15) is 5.26 Å². The molecule has 1 aromatic carbocycles. The van der Waals surface area contributed by atoms with E-state index in [1.807, 2.05) is 37.4 Å². The fourth-order valence-electron chi connectivity index (χ4n) is 1.13. The number of nitriles is 1. The van der Waals surface area contributed by atoms with E-state index in [0.29, 0.717) is 0 Å². The molecule has 0 bridgehead atoms. The maximum absolute atomic E-state index is 8.54. The Morgan fingerprint density at radius 2 is 2.19 bits per heavy atom. The second kappa shape index (κ2) is 6.81. The third kappa shape index (κ3) is 3.87. The zero-order valence-corrected chi connectivity index (χ0v) is 10.2. The fourth-order valence-corrected chi connectivity index (χ4v) is 1.92. The van der Waals surface area contributed by atoms with Gasteiger partial charge in [0.2, 0.25) is 0 Å². The second-order valence-electron chi connectivity index (χ2n) is 3.02. The lowest BCUT2D eigenvalue weighted by Crippen LogP contribution is -2.02. The van der Waals surface area contributed by atoms with Crippen LogP contribution in [-0.2, 0) is 5.75 Å².